The second kappa shape index (κ2) is 8.47. The Morgan fingerprint density at radius 1 is 1.19 bits per heavy atom. The van der Waals surface area contributed by atoms with Crippen LogP contribution in [0.25, 0.3) is 0 Å². The molecule has 0 aliphatic heterocycles. The molecule has 1 N–H and O–H groups in total. The van der Waals surface area contributed by atoms with Crippen LogP contribution < -0.4 is 19.6 Å². The molecule has 2 aromatic carbocycles. The quantitative estimate of drug-likeness (QED) is 0.266. The van der Waals surface area contributed by atoms with Crippen molar-refractivity contribution in [1.82, 2.24) is 0 Å². The Hall–Kier alpha value is -3.62. The fourth-order valence-corrected chi connectivity index (χ4v) is 2.12. The number of carbonyl (C=O) groups is 1. The average Bonchev–Trinajstić information content (AvgIpc) is 2.62. The highest BCUT2D eigenvalue weighted by Crippen LogP contribution is 2.38. The molecule has 0 atom stereocenters. The topological polar surface area (TPSA) is 112 Å². The largest absolute Gasteiger partial charge is 0.493 e. The van der Waals surface area contributed by atoms with Gasteiger partial charge in [0.1, 0.15) is 5.69 Å². The zero-order valence-electron chi connectivity index (χ0n) is 14.4. The first-order valence-electron chi connectivity index (χ1n) is 7.43. The number of nitro benzene ring substituents is 1. The molecule has 0 heterocycles. The van der Waals surface area contributed by atoms with Crippen molar-refractivity contribution in [2.45, 2.75) is 6.92 Å². The van der Waals surface area contributed by atoms with E-state index in [-0.39, 0.29) is 28.6 Å². The molecule has 0 bridgehead atoms. The van der Waals surface area contributed by atoms with Crippen molar-refractivity contribution < 1.29 is 23.9 Å². The Bertz CT molecular complexity index is 825. The maximum atomic E-state index is 11.2. The van der Waals surface area contributed by atoms with Gasteiger partial charge in [-0.3, -0.25) is 20.3 Å². The molecule has 0 aliphatic rings. The van der Waals surface area contributed by atoms with Crippen LogP contribution in [0.3, 0.4) is 0 Å². The highest BCUT2D eigenvalue weighted by atomic mass is 16.6. The first-order chi connectivity index (χ1) is 12.5. The minimum Gasteiger partial charge on any atom is -0.493 e. The average molecular weight is 359 g/mol. The number of hydrogen-bond acceptors (Lipinski definition) is 8. The smallest absolute Gasteiger partial charge is 0.308 e. The number of para-hydroxylation sites is 2. The molecule has 0 aromatic heterocycles. The number of nitrogens with one attached hydrogen (secondary N) is 1. The Labute approximate surface area is 149 Å². The maximum absolute atomic E-state index is 11.2. The van der Waals surface area contributed by atoms with Crippen molar-refractivity contribution >= 4 is 23.6 Å². The Morgan fingerprint density at radius 2 is 1.81 bits per heavy atom. The van der Waals surface area contributed by atoms with Crippen LogP contribution in [0.2, 0.25) is 0 Å². The van der Waals surface area contributed by atoms with Crippen molar-refractivity contribution in [2.24, 2.45) is 5.10 Å². The van der Waals surface area contributed by atoms with Crippen LogP contribution in [0.5, 0.6) is 17.2 Å². The molecule has 2 aromatic rings. The van der Waals surface area contributed by atoms with Crippen molar-refractivity contribution in [3.8, 4) is 17.2 Å². The van der Waals surface area contributed by atoms with E-state index >= 15 is 0 Å². The van der Waals surface area contributed by atoms with E-state index in [4.69, 9.17) is 14.2 Å². The molecule has 2 rings (SSSR count). The van der Waals surface area contributed by atoms with E-state index in [2.05, 4.69) is 10.5 Å². The summed E-state index contributed by atoms with van der Waals surface area (Å²) < 4.78 is 15.5. The molecule has 0 saturated carbocycles. The second-order valence-electron chi connectivity index (χ2n) is 4.99. The van der Waals surface area contributed by atoms with Gasteiger partial charge in [-0.2, -0.15) is 5.10 Å². The zero-order chi connectivity index (χ0) is 19.1. The third-order valence-electron chi connectivity index (χ3n) is 3.23. The predicted octanol–water partition coefficient (Wildman–Crippen LogP) is 2.98. The Kier molecular flexibility index (Phi) is 6.10. The molecule has 136 valence electrons. The summed E-state index contributed by atoms with van der Waals surface area (Å²) in [7, 11) is 2.85. The van der Waals surface area contributed by atoms with Crippen LogP contribution in [-0.2, 0) is 4.79 Å². The zero-order valence-corrected chi connectivity index (χ0v) is 14.4. The fourth-order valence-electron chi connectivity index (χ4n) is 2.12. The number of hydrogen-bond donors (Lipinski definition) is 1. The molecule has 0 radical (unpaired) electrons. The number of nitro groups is 1. The van der Waals surface area contributed by atoms with Gasteiger partial charge >= 0.3 is 5.97 Å². The molecular formula is C17H17N3O6. The first kappa shape index (κ1) is 18.7. The van der Waals surface area contributed by atoms with Gasteiger partial charge in [-0.05, 0) is 18.2 Å². The van der Waals surface area contributed by atoms with Gasteiger partial charge in [0, 0.05) is 18.6 Å². The van der Waals surface area contributed by atoms with Crippen LogP contribution in [0, 0.1) is 10.1 Å². The molecule has 0 spiro atoms. The van der Waals surface area contributed by atoms with Gasteiger partial charge in [-0.1, -0.05) is 12.1 Å². The lowest BCUT2D eigenvalue weighted by atomic mass is 10.2. The third-order valence-corrected chi connectivity index (χ3v) is 3.23. The highest BCUT2D eigenvalue weighted by molar-refractivity contribution is 5.84. The summed E-state index contributed by atoms with van der Waals surface area (Å²) in [5.74, 6) is 0.214. The lowest BCUT2D eigenvalue weighted by Crippen LogP contribution is -2.05. The van der Waals surface area contributed by atoms with Crippen LogP contribution in [0.4, 0.5) is 11.4 Å². The number of rotatable bonds is 7. The molecule has 9 nitrogen and oxygen atoms in total. The van der Waals surface area contributed by atoms with E-state index < -0.39 is 10.9 Å². The van der Waals surface area contributed by atoms with Gasteiger partial charge in [0.2, 0.25) is 5.75 Å². The van der Waals surface area contributed by atoms with E-state index in [0.29, 0.717) is 5.56 Å². The summed E-state index contributed by atoms with van der Waals surface area (Å²) in [6, 6.07) is 9.32. The first-order valence-corrected chi connectivity index (χ1v) is 7.43. The summed E-state index contributed by atoms with van der Waals surface area (Å²) >= 11 is 0. The predicted molar refractivity (Wildman–Crippen MR) is 95.2 cm³/mol. The second-order valence-corrected chi connectivity index (χ2v) is 4.99. The van der Waals surface area contributed by atoms with E-state index in [1.807, 2.05) is 0 Å². The molecule has 0 saturated heterocycles. The van der Waals surface area contributed by atoms with Gasteiger partial charge in [-0.15, -0.1) is 0 Å². The van der Waals surface area contributed by atoms with Crippen LogP contribution in [-0.4, -0.2) is 31.3 Å². The SMILES string of the molecule is COc1cc(C=NNc2ccccc2[N+](=O)[O-])cc(OC)c1OC(C)=O. The van der Waals surface area contributed by atoms with Crippen LogP contribution >= 0.6 is 0 Å². The molecule has 0 unspecified atom stereocenters. The summed E-state index contributed by atoms with van der Waals surface area (Å²) in [5.41, 5.74) is 3.36. The Morgan fingerprint density at radius 3 is 2.35 bits per heavy atom. The van der Waals surface area contributed by atoms with Crippen molar-refractivity contribution in [3.63, 3.8) is 0 Å². The van der Waals surface area contributed by atoms with Gasteiger partial charge < -0.3 is 14.2 Å². The normalized spacial score (nSPS) is 10.4. The molecular weight excluding hydrogens is 342 g/mol. The summed E-state index contributed by atoms with van der Waals surface area (Å²) in [6.45, 7) is 1.27. The van der Waals surface area contributed by atoms with Gasteiger partial charge in [0.15, 0.2) is 11.5 Å². The van der Waals surface area contributed by atoms with Crippen LogP contribution in [0.1, 0.15) is 12.5 Å². The molecule has 26 heavy (non-hydrogen) atoms. The molecule has 9 heteroatoms. The van der Waals surface area contributed by atoms with E-state index in [1.54, 1.807) is 30.3 Å². The third kappa shape index (κ3) is 4.47. The van der Waals surface area contributed by atoms with Crippen molar-refractivity contribution in [2.75, 3.05) is 19.6 Å². The fraction of sp³-hybridized carbons (Fsp3) is 0.176. The number of ether oxygens (including phenoxy) is 3. The highest BCUT2D eigenvalue weighted by Gasteiger charge is 2.16. The lowest BCUT2D eigenvalue weighted by Gasteiger charge is -2.13. The minimum absolute atomic E-state index is 0.0926. The summed E-state index contributed by atoms with van der Waals surface area (Å²) in [4.78, 5) is 21.7. The molecule has 0 aliphatic carbocycles. The van der Waals surface area contributed by atoms with Crippen molar-refractivity contribution in [1.29, 1.82) is 0 Å². The molecule has 0 fully saturated rings. The number of methoxy groups -OCH3 is 2. The summed E-state index contributed by atoms with van der Waals surface area (Å²) in [5, 5.41) is 15.0. The van der Waals surface area contributed by atoms with Gasteiger partial charge in [-0.25, -0.2) is 0 Å². The Balaban J connectivity index is 2.28. The number of esters is 1. The standard InChI is InChI=1S/C17H17N3O6/c1-11(21)26-17-15(24-2)8-12(9-16(17)25-3)10-18-19-13-6-4-5-7-14(13)20(22)23/h4-10,19H,1-3H3. The minimum atomic E-state index is -0.513. The maximum Gasteiger partial charge on any atom is 0.308 e. The number of benzene rings is 2. The van der Waals surface area contributed by atoms with Crippen LogP contribution in [0.15, 0.2) is 41.5 Å². The van der Waals surface area contributed by atoms with E-state index in [0.717, 1.165) is 0 Å². The van der Waals surface area contributed by atoms with E-state index in [9.17, 15) is 14.9 Å². The number of nitrogens with zero attached hydrogens (tertiary/aromatic N) is 2. The summed E-state index contributed by atoms with van der Waals surface area (Å²) in [6.07, 6.45) is 1.43. The van der Waals surface area contributed by atoms with Crippen molar-refractivity contribution in [3.05, 3.63) is 52.1 Å². The monoisotopic (exact) mass is 359 g/mol. The van der Waals surface area contributed by atoms with Gasteiger partial charge in [0.25, 0.3) is 5.69 Å². The van der Waals surface area contributed by atoms with E-state index in [1.165, 1.54) is 33.4 Å². The lowest BCUT2D eigenvalue weighted by molar-refractivity contribution is -0.384. The molecule has 0 amide bonds. The number of anilines is 1. The number of carbonyl (C=O) groups excluding carboxylic acids is 1. The van der Waals surface area contributed by atoms with Gasteiger partial charge in [0.05, 0.1) is 25.4 Å². The number of hydrazone groups is 1.